The first kappa shape index (κ1) is 22.2. The van der Waals surface area contributed by atoms with E-state index in [1.54, 1.807) is 26.0 Å². The van der Waals surface area contributed by atoms with E-state index in [-0.39, 0.29) is 0 Å². The Labute approximate surface area is 171 Å². The van der Waals surface area contributed by atoms with Crippen molar-refractivity contribution in [1.29, 1.82) is 0 Å². The van der Waals surface area contributed by atoms with Crippen LogP contribution in [0.2, 0.25) is 0 Å². The molecule has 0 radical (unpaired) electrons. The lowest BCUT2D eigenvalue weighted by Gasteiger charge is -2.14. The molecule has 2 aromatic carbocycles. The summed E-state index contributed by atoms with van der Waals surface area (Å²) in [4.78, 5) is 24.1. The van der Waals surface area contributed by atoms with Gasteiger partial charge in [-0.1, -0.05) is 24.3 Å². The highest BCUT2D eigenvalue weighted by atomic mass is 32.2. The molecule has 2 rings (SSSR count). The normalized spacial score (nSPS) is 13.4. The minimum atomic E-state index is -0.562. The molecule has 2 aromatic rings. The predicted octanol–water partition coefficient (Wildman–Crippen LogP) is 3.08. The Kier molecular flexibility index (Phi) is 8.47. The van der Waals surface area contributed by atoms with Gasteiger partial charge in [-0.2, -0.15) is 10.2 Å². The molecule has 0 saturated heterocycles. The smallest absolute Gasteiger partial charge is 0.252 e. The lowest BCUT2D eigenvalue weighted by Crippen LogP contribution is -2.33. The number of carbonyl (C=O) groups excluding carboxylic acids is 2. The number of thioether (sulfide) groups is 1. The number of hydrogen-bond acceptors (Lipinski definition) is 5. The molecule has 0 fully saturated rings. The number of nitrogens with zero attached hydrogens (tertiary/aromatic N) is 2. The number of hydrogen-bond donors (Lipinski definition) is 2. The maximum Gasteiger partial charge on any atom is 0.252 e. The molecular weight excluding hydrogens is 398 g/mol. The average molecular weight is 418 g/mol. The Bertz CT molecular complexity index is 847. The molecule has 9 heteroatoms. The largest absolute Gasteiger partial charge is 0.272 e. The van der Waals surface area contributed by atoms with Crippen molar-refractivity contribution in [1.82, 2.24) is 10.9 Å². The predicted molar refractivity (Wildman–Crippen MR) is 111 cm³/mol. The minimum absolute atomic E-state index is 0.398. The summed E-state index contributed by atoms with van der Waals surface area (Å²) in [6.45, 7) is 3.27. The highest BCUT2D eigenvalue weighted by Crippen LogP contribution is 2.17. The van der Waals surface area contributed by atoms with Crippen molar-refractivity contribution >= 4 is 36.0 Å². The van der Waals surface area contributed by atoms with E-state index in [0.717, 1.165) is 11.8 Å². The van der Waals surface area contributed by atoms with Gasteiger partial charge in [-0.05, 0) is 49.2 Å². The van der Waals surface area contributed by atoms with Crippen molar-refractivity contribution in [3.05, 3.63) is 71.3 Å². The number of rotatable bonds is 8. The van der Waals surface area contributed by atoms with E-state index in [0.29, 0.717) is 11.1 Å². The van der Waals surface area contributed by atoms with Crippen molar-refractivity contribution in [2.75, 3.05) is 0 Å². The van der Waals surface area contributed by atoms with Crippen molar-refractivity contribution in [3.63, 3.8) is 0 Å². The Hall–Kier alpha value is -3.07. The molecule has 2 amide bonds. The van der Waals surface area contributed by atoms with Gasteiger partial charge in [0.25, 0.3) is 11.8 Å². The first-order valence-electron chi connectivity index (χ1n) is 8.67. The van der Waals surface area contributed by atoms with Crippen LogP contribution < -0.4 is 10.9 Å². The minimum Gasteiger partial charge on any atom is -0.272 e. The highest BCUT2D eigenvalue weighted by molar-refractivity contribution is 8.01. The maximum absolute atomic E-state index is 13.1. The maximum atomic E-state index is 13.1. The van der Waals surface area contributed by atoms with E-state index in [1.807, 2.05) is 0 Å². The number of nitrogens with one attached hydrogen (secondary N) is 2. The van der Waals surface area contributed by atoms with Crippen molar-refractivity contribution in [2.45, 2.75) is 24.3 Å². The van der Waals surface area contributed by atoms with E-state index >= 15 is 0 Å². The standard InChI is InChI=1S/C20H20F2N4O2S/c1-13(19(27)25-23-11-15-5-3-7-17(21)9-15)29-14(2)20(28)26-24-12-16-6-4-8-18(22)10-16/h3-14H,1-2H3,(H,25,27)(H,26,28)/b23-11-,24-12-/t13-,14-/m0/s1. The number of benzene rings is 2. The molecule has 29 heavy (non-hydrogen) atoms. The monoisotopic (exact) mass is 418 g/mol. The van der Waals surface area contributed by atoms with Crippen LogP contribution in [-0.2, 0) is 9.59 Å². The molecule has 0 aliphatic rings. The van der Waals surface area contributed by atoms with Gasteiger partial charge in [-0.25, -0.2) is 19.6 Å². The summed E-state index contributed by atoms with van der Waals surface area (Å²) in [5.41, 5.74) is 5.73. The van der Waals surface area contributed by atoms with Crippen molar-refractivity contribution in [3.8, 4) is 0 Å². The van der Waals surface area contributed by atoms with Gasteiger partial charge in [-0.15, -0.1) is 11.8 Å². The second-order valence-corrected chi connectivity index (χ2v) is 7.69. The fourth-order valence-corrected chi connectivity index (χ4v) is 3.09. The third-order valence-corrected chi connectivity index (χ3v) is 4.87. The zero-order chi connectivity index (χ0) is 21.2. The van der Waals surface area contributed by atoms with Crippen LogP contribution in [0.15, 0.2) is 58.7 Å². The van der Waals surface area contributed by atoms with Gasteiger partial charge in [0.1, 0.15) is 11.6 Å². The molecule has 0 bridgehead atoms. The fourth-order valence-electron chi connectivity index (χ4n) is 2.13. The quantitative estimate of drug-likeness (QED) is 0.511. The molecule has 2 N–H and O–H groups in total. The molecule has 0 saturated carbocycles. The zero-order valence-electron chi connectivity index (χ0n) is 15.8. The van der Waals surface area contributed by atoms with Crippen LogP contribution in [0.3, 0.4) is 0 Å². The van der Waals surface area contributed by atoms with E-state index < -0.39 is 33.9 Å². The molecule has 0 aliphatic heterocycles. The molecule has 0 heterocycles. The molecule has 0 unspecified atom stereocenters. The topological polar surface area (TPSA) is 82.9 Å². The molecule has 152 valence electrons. The van der Waals surface area contributed by atoms with E-state index in [4.69, 9.17) is 0 Å². The van der Waals surface area contributed by atoms with E-state index in [1.165, 1.54) is 48.8 Å². The first-order valence-corrected chi connectivity index (χ1v) is 9.62. The van der Waals surface area contributed by atoms with Gasteiger partial charge in [0.05, 0.1) is 22.9 Å². The molecule has 0 aromatic heterocycles. The zero-order valence-corrected chi connectivity index (χ0v) is 16.6. The Balaban J connectivity index is 1.78. The fraction of sp³-hybridized carbons (Fsp3) is 0.200. The van der Waals surface area contributed by atoms with Crippen LogP contribution >= 0.6 is 11.8 Å². The van der Waals surface area contributed by atoms with E-state index in [2.05, 4.69) is 21.1 Å². The van der Waals surface area contributed by atoms with Gasteiger partial charge in [-0.3, -0.25) is 9.59 Å². The van der Waals surface area contributed by atoms with Gasteiger partial charge >= 0.3 is 0 Å². The lowest BCUT2D eigenvalue weighted by atomic mass is 10.2. The Morgan fingerprint density at radius 2 is 1.28 bits per heavy atom. The van der Waals surface area contributed by atoms with Gasteiger partial charge < -0.3 is 0 Å². The first-order chi connectivity index (χ1) is 13.8. The van der Waals surface area contributed by atoms with Crippen LogP contribution in [0.25, 0.3) is 0 Å². The van der Waals surface area contributed by atoms with Gasteiger partial charge in [0.2, 0.25) is 0 Å². The summed E-state index contributed by atoms with van der Waals surface area (Å²) in [5.74, 6) is -1.59. The third kappa shape index (κ3) is 7.82. The summed E-state index contributed by atoms with van der Waals surface area (Å²) in [6.07, 6.45) is 2.66. The summed E-state index contributed by atoms with van der Waals surface area (Å²) >= 11 is 1.12. The third-order valence-electron chi connectivity index (χ3n) is 3.62. The Morgan fingerprint density at radius 1 is 0.862 bits per heavy atom. The summed E-state index contributed by atoms with van der Waals surface area (Å²) in [7, 11) is 0. The van der Waals surface area contributed by atoms with Crippen molar-refractivity contribution < 1.29 is 18.4 Å². The average Bonchev–Trinajstić information content (AvgIpc) is 2.67. The van der Waals surface area contributed by atoms with Crippen LogP contribution in [0.4, 0.5) is 8.78 Å². The SMILES string of the molecule is C[C@H](S[C@@H](C)C(=O)N/N=C\c1cccc(F)c1)C(=O)N/N=C\c1cccc(F)c1. The van der Waals surface area contributed by atoms with Crippen molar-refractivity contribution in [2.24, 2.45) is 10.2 Å². The lowest BCUT2D eigenvalue weighted by molar-refractivity contribution is -0.120. The second kappa shape index (κ2) is 11.1. The van der Waals surface area contributed by atoms with Crippen LogP contribution in [0, 0.1) is 11.6 Å². The molecule has 0 spiro atoms. The van der Waals surface area contributed by atoms with Gasteiger partial charge in [0.15, 0.2) is 0 Å². The number of amides is 2. The van der Waals surface area contributed by atoms with E-state index in [9.17, 15) is 18.4 Å². The Morgan fingerprint density at radius 3 is 1.66 bits per heavy atom. The van der Waals surface area contributed by atoms with Crippen LogP contribution in [0.1, 0.15) is 25.0 Å². The second-order valence-electron chi connectivity index (χ2n) is 6.00. The molecular formula is C20H20F2N4O2S. The van der Waals surface area contributed by atoms with Crippen LogP contribution in [-0.4, -0.2) is 34.7 Å². The molecule has 0 aliphatic carbocycles. The highest BCUT2D eigenvalue weighted by Gasteiger charge is 2.21. The van der Waals surface area contributed by atoms with Gasteiger partial charge in [0, 0.05) is 0 Å². The number of carbonyl (C=O) groups is 2. The number of halogens is 2. The molecule has 2 atom stereocenters. The van der Waals surface area contributed by atoms with Crippen LogP contribution in [0.5, 0.6) is 0 Å². The number of hydrazone groups is 2. The summed E-state index contributed by atoms with van der Waals surface area (Å²) < 4.78 is 26.2. The summed E-state index contributed by atoms with van der Waals surface area (Å²) in [6, 6.07) is 11.5. The summed E-state index contributed by atoms with van der Waals surface area (Å²) in [5, 5.41) is 6.45. The molecule has 6 nitrogen and oxygen atoms in total.